The number of rotatable bonds is 15. The molecule has 38 heavy (non-hydrogen) atoms. The first-order valence-electron chi connectivity index (χ1n) is 14.3. The van der Waals surface area contributed by atoms with Gasteiger partial charge >= 0.3 is 0 Å². The minimum Gasteiger partial charge on any atom is -0.508 e. The maximum Gasteiger partial charge on any atom is 0.123 e. The van der Waals surface area contributed by atoms with Gasteiger partial charge in [0.15, 0.2) is 0 Å². The number of para-hydroxylation sites is 1. The van der Waals surface area contributed by atoms with Crippen LogP contribution in [0.5, 0.6) is 11.5 Å². The molecule has 4 aromatic rings. The Morgan fingerprint density at radius 3 is 2.13 bits per heavy atom. The van der Waals surface area contributed by atoms with E-state index in [-0.39, 0.29) is 5.75 Å². The van der Waals surface area contributed by atoms with Crippen LogP contribution in [-0.4, -0.2) is 21.7 Å². The van der Waals surface area contributed by atoms with Crippen molar-refractivity contribution in [1.29, 1.82) is 0 Å². The first-order valence-corrected chi connectivity index (χ1v) is 15.5. The van der Waals surface area contributed by atoms with Gasteiger partial charge in [0.25, 0.3) is 0 Å². The van der Waals surface area contributed by atoms with Crippen molar-refractivity contribution < 1.29 is 10.2 Å². The van der Waals surface area contributed by atoms with Crippen LogP contribution in [0.25, 0.3) is 21.9 Å². The molecule has 4 rings (SSSR count). The van der Waals surface area contributed by atoms with Crippen molar-refractivity contribution in [2.45, 2.75) is 71.1 Å². The summed E-state index contributed by atoms with van der Waals surface area (Å²) in [7, 11) is 0. The minimum atomic E-state index is 0.283. The number of fused-ring (bicyclic) bond motifs is 1. The fourth-order valence-corrected chi connectivity index (χ4v) is 6.20. The molecule has 0 amide bonds. The molecule has 4 aromatic carbocycles. The summed E-state index contributed by atoms with van der Waals surface area (Å²) in [6.45, 7) is 2.27. The first-order chi connectivity index (χ1) is 18.7. The third-order valence-electron chi connectivity index (χ3n) is 7.40. The van der Waals surface area contributed by atoms with Crippen LogP contribution >= 0.6 is 11.8 Å². The van der Waals surface area contributed by atoms with Crippen molar-refractivity contribution in [3.8, 4) is 22.6 Å². The number of unbranched alkanes of at least 4 members (excludes halogenated alkanes) is 5. The predicted octanol–water partition coefficient (Wildman–Crippen LogP) is 9.73. The first kappa shape index (κ1) is 28.1. The van der Waals surface area contributed by atoms with Crippen molar-refractivity contribution in [1.82, 2.24) is 0 Å². The van der Waals surface area contributed by atoms with E-state index >= 15 is 0 Å². The number of hydrogen-bond acceptors (Lipinski definition) is 3. The molecular formula is C35H42O2S. The Morgan fingerprint density at radius 2 is 1.34 bits per heavy atom. The molecule has 0 fully saturated rings. The predicted molar refractivity (Wildman–Crippen MR) is 166 cm³/mol. The quantitative estimate of drug-likeness (QED) is 0.151. The average molecular weight is 527 g/mol. The monoisotopic (exact) mass is 526 g/mol. The van der Waals surface area contributed by atoms with E-state index in [1.807, 2.05) is 36.4 Å². The van der Waals surface area contributed by atoms with E-state index in [9.17, 15) is 10.2 Å². The summed E-state index contributed by atoms with van der Waals surface area (Å²) in [6, 6.07) is 26.5. The number of benzene rings is 4. The van der Waals surface area contributed by atoms with Gasteiger partial charge in [0.2, 0.25) is 0 Å². The average Bonchev–Trinajstić information content (AvgIpc) is 2.93. The largest absolute Gasteiger partial charge is 0.508 e. The van der Waals surface area contributed by atoms with Gasteiger partial charge in [-0.2, -0.15) is 11.8 Å². The van der Waals surface area contributed by atoms with Gasteiger partial charge < -0.3 is 10.2 Å². The molecule has 0 radical (unpaired) electrons. The molecule has 0 bridgehead atoms. The molecule has 0 aliphatic heterocycles. The van der Waals surface area contributed by atoms with Crippen LogP contribution in [0.2, 0.25) is 0 Å². The molecule has 0 aromatic heterocycles. The normalized spacial score (nSPS) is 11.3. The molecule has 0 heterocycles. The highest BCUT2D eigenvalue weighted by atomic mass is 32.2. The minimum absolute atomic E-state index is 0.283. The zero-order chi connectivity index (χ0) is 26.6. The van der Waals surface area contributed by atoms with Gasteiger partial charge in [0.05, 0.1) is 0 Å². The number of phenols is 2. The molecule has 0 aliphatic rings. The van der Waals surface area contributed by atoms with Crippen molar-refractivity contribution in [2.24, 2.45) is 0 Å². The molecule has 2 N–H and O–H groups in total. The molecule has 2 nitrogen and oxygen atoms in total. The Bertz CT molecular complexity index is 1280. The Balaban J connectivity index is 1.28. The molecule has 0 atom stereocenters. The summed E-state index contributed by atoms with van der Waals surface area (Å²) in [6.07, 6.45) is 12.1. The van der Waals surface area contributed by atoms with Gasteiger partial charge in [-0.25, -0.2) is 0 Å². The second-order valence-electron chi connectivity index (χ2n) is 10.3. The van der Waals surface area contributed by atoms with Gasteiger partial charge in [-0.15, -0.1) is 0 Å². The number of phenolic OH excluding ortho intramolecular Hbond substituents is 2. The summed E-state index contributed by atoms with van der Waals surface area (Å²) >= 11 is 2.10. The Morgan fingerprint density at radius 1 is 0.605 bits per heavy atom. The fraction of sp³-hybridized carbons (Fsp3) is 0.371. The molecule has 3 heteroatoms. The van der Waals surface area contributed by atoms with E-state index in [2.05, 4.69) is 49.0 Å². The SMILES string of the molecule is CCCCCCSCCc1ccc(CCCCCc2c(-c3ccccc3O)ccc3cc(O)ccc23)cc1. The lowest BCUT2D eigenvalue weighted by Gasteiger charge is -2.15. The van der Waals surface area contributed by atoms with E-state index < -0.39 is 0 Å². The van der Waals surface area contributed by atoms with Crippen LogP contribution in [0.3, 0.4) is 0 Å². The van der Waals surface area contributed by atoms with Crippen LogP contribution in [0.1, 0.15) is 68.6 Å². The summed E-state index contributed by atoms with van der Waals surface area (Å²) in [5.41, 5.74) is 6.07. The topological polar surface area (TPSA) is 40.5 Å². The van der Waals surface area contributed by atoms with E-state index in [0.717, 1.165) is 47.6 Å². The zero-order valence-electron chi connectivity index (χ0n) is 22.8. The van der Waals surface area contributed by atoms with E-state index in [4.69, 9.17) is 0 Å². The van der Waals surface area contributed by atoms with Gasteiger partial charge in [-0.05, 0) is 101 Å². The third kappa shape index (κ3) is 8.04. The van der Waals surface area contributed by atoms with Gasteiger partial charge in [-0.1, -0.05) is 93.3 Å². The highest BCUT2D eigenvalue weighted by Crippen LogP contribution is 2.37. The number of thioether (sulfide) groups is 1. The Kier molecular flexibility index (Phi) is 11.0. The smallest absolute Gasteiger partial charge is 0.123 e. The number of hydrogen-bond donors (Lipinski definition) is 2. The van der Waals surface area contributed by atoms with Gasteiger partial charge in [0, 0.05) is 5.56 Å². The molecular weight excluding hydrogens is 484 g/mol. The molecule has 0 saturated carbocycles. The van der Waals surface area contributed by atoms with Crippen LogP contribution in [0, 0.1) is 0 Å². The molecule has 0 aliphatic carbocycles. The summed E-state index contributed by atoms with van der Waals surface area (Å²) < 4.78 is 0. The van der Waals surface area contributed by atoms with Crippen molar-refractivity contribution in [3.05, 3.63) is 95.6 Å². The molecule has 200 valence electrons. The number of aryl methyl sites for hydroxylation is 3. The molecule has 0 saturated heterocycles. The lowest BCUT2D eigenvalue weighted by molar-refractivity contribution is 0.476. The lowest BCUT2D eigenvalue weighted by atomic mass is 9.90. The maximum atomic E-state index is 10.5. The lowest BCUT2D eigenvalue weighted by Crippen LogP contribution is -1.95. The van der Waals surface area contributed by atoms with Crippen molar-refractivity contribution in [3.63, 3.8) is 0 Å². The second-order valence-corrected chi connectivity index (χ2v) is 11.5. The molecule has 0 spiro atoms. The fourth-order valence-electron chi connectivity index (χ4n) is 5.21. The Labute approximate surface area is 233 Å². The Hall–Kier alpha value is -2.91. The van der Waals surface area contributed by atoms with E-state index in [1.165, 1.54) is 66.7 Å². The van der Waals surface area contributed by atoms with E-state index in [0.29, 0.717) is 5.75 Å². The van der Waals surface area contributed by atoms with Crippen molar-refractivity contribution in [2.75, 3.05) is 11.5 Å². The standard InChI is InChI=1S/C35H42O2S/c1-2-3-4-10-24-38-25-23-28-17-15-27(16-18-28)11-6-5-7-12-32-31-22-20-30(36)26-29(31)19-21-33(32)34-13-8-9-14-35(34)37/h8-9,13-22,26,36-37H,2-7,10-12,23-25H2,1H3. The summed E-state index contributed by atoms with van der Waals surface area (Å²) in [5, 5.41) is 22.7. The molecule has 0 unspecified atom stereocenters. The zero-order valence-corrected chi connectivity index (χ0v) is 23.6. The van der Waals surface area contributed by atoms with Gasteiger partial charge in [-0.3, -0.25) is 0 Å². The van der Waals surface area contributed by atoms with Crippen LogP contribution in [0.4, 0.5) is 0 Å². The maximum absolute atomic E-state index is 10.5. The van der Waals surface area contributed by atoms with Gasteiger partial charge in [0.1, 0.15) is 11.5 Å². The van der Waals surface area contributed by atoms with Crippen LogP contribution in [-0.2, 0) is 19.3 Å². The summed E-state index contributed by atoms with van der Waals surface area (Å²) in [4.78, 5) is 0. The number of aromatic hydroxyl groups is 2. The van der Waals surface area contributed by atoms with E-state index in [1.54, 1.807) is 12.1 Å². The van der Waals surface area contributed by atoms with Crippen LogP contribution in [0.15, 0.2) is 78.9 Å². The highest BCUT2D eigenvalue weighted by molar-refractivity contribution is 7.99. The summed E-state index contributed by atoms with van der Waals surface area (Å²) in [5.74, 6) is 3.11. The third-order valence-corrected chi connectivity index (χ3v) is 8.47. The second kappa shape index (κ2) is 14.9. The highest BCUT2D eigenvalue weighted by Gasteiger charge is 2.13. The van der Waals surface area contributed by atoms with Crippen LogP contribution < -0.4 is 0 Å². The van der Waals surface area contributed by atoms with Crippen molar-refractivity contribution >= 4 is 22.5 Å².